The molecule has 4 aliphatic carbocycles. The summed E-state index contributed by atoms with van der Waals surface area (Å²) < 4.78 is 5.67. The molecule has 6 nitrogen and oxygen atoms in total. The Morgan fingerprint density at radius 3 is 2.66 bits per heavy atom. The van der Waals surface area contributed by atoms with Crippen LogP contribution in [0.2, 0.25) is 0 Å². The fraction of sp³-hybridized carbons (Fsp3) is 0.696. The van der Waals surface area contributed by atoms with Gasteiger partial charge in [0.05, 0.1) is 6.10 Å². The number of carbonyl (C=O) groups is 3. The molecule has 4 aliphatic rings. The van der Waals surface area contributed by atoms with Crippen molar-refractivity contribution >= 4 is 17.5 Å². The fourth-order valence-corrected chi connectivity index (χ4v) is 7.37. The van der Waals surface area contributed by atoms with E-state index in [1.54, 1.807) is 12.2 Å². The van der Waals surface area contributed by atoms with Gasteiger partial charge in [-0.3, -0.25) is 14.4 Å². The third-order valence-electron chi connectivity index (χ3n) is 8.53. The topological polar surface area (TPSA) is 101 Å². The molecule has 6 heteroatoms. The number of aliphatic hydroxyl groups excluding tert-OH is 2. The Morgan fingerprint density at radius 1 is 1.28 bits per heavy atom. The van der Waals surface area contributed by atoms with Crippen LogP contribution in [0.4, 0.5) is 0 Å². The molecule has 4 rings (SSSR count). The van der Waals surface area contributed by atoms with Crippen molar-refractivity contribution in [3.8, 4) is 0 Å². The summed E-state index contributed by atoms with van der Waals surface area (Å²) in [6.45, 7) is 4.63. The van der Waals surface area contributed by atoms with Gasteiger partial charge in [0.1, 0.15) is 6.61 Å². The maximum Gasteiger partial charge on any atom is 0.303 e. The Balaban J connectivity index is 1.77. The van der Waals surface area contributed by atoms with E-state index >= 15 is 0 Å². The number of hydrogen-bond acceptors (Lipinski definition) is 6. The van der Waals surface area contributed by atoms with Crippen LogP contribution in [0.25, 0.3) is 0 Å². The molecule has 0 saturated heterocycles. The van der Waals surface area contributed by atoms with Gasteiger partial charge in [0.25, 0.3) is 0 Å². The smallest absolute Gasteiger partial charge is 0.303 e. The van der Waals surface area contributed by atoms with Crippen LogP contribution in [0.5, 0.6) is 0 Å². The Morgan fingerprint density at radius 2 is 2.00 bits per heavy atom. The lowest BCUT2D eigenvalue weighted by atomic mass is 9.46. The molecule has 0 unspecified atom stereocenters. The third-order valence-corrected chi connectivity index (χ3v) is 8.53. The summed E-state index contributed by atoms with van der Waals surface area (Å²) in [6.07, 6.45) is 7.56. The minimum absolute atomic E-state index is 0.00523. The summed E-state index contributed by atoms with van der Waals surface area (Å²) in [5, 5.41) is 21.0. The summed E-state index contributed by atoms with van der Waals surface area (Å²) in [5.41, 5.74) is -1.43. The second-order valence-electron chi connectivity index (χ2n) is 9.75. The predicted octanol–water partition coefficient (Wildman–Crippen LogP) is 2.13. The molecule has 0 spiro atoms. The highest BCUT2D eigenvalue weighted by Crippen LogP contribution is 2.67. The van der Waals surface area contributed by atoms with Gasteiger partial charge >= 0.3 is 5.97 Å². The Kier molecular flexibility index (Phi) is 4.67. The van der Waals surface area contributed by atoms with Gasteiger partial charge in [0, 0.05) is 23.7 Å². The first-order valence-corrected chi connectivity index (χ1v) is 10.5. The number of carbonyl (C=O) groups excluding carboxylic acids is 3. The molecule has 3 fully saturated rings. The van der Waals surface area contributed by atoms with Crippen LogP contribution in [0.15, 0.2) is 23.8 Å². The number of ether oxygens (including phenoxy) is 1. The quantitative estimate of drug-likeness (QED) is 0.702. The van der Waals surface area contributed by atoms with Crippen molar-refractivity contribution in [1.29, 1.82) is 0 Å². The third kappa shape index (κ3) is 2.65. The fourth-order valence-electron chi connectivity index (χ4n) is 7.37. The largest absolute Gasteiger partial charge is 0.451 e. The first-order chi connectivity index (χ1) is 13.6. The second-order valence-corrected chi connectivity index (χ2v) is 9.75. The lowest BCUT2D eigenvalue weighted by Gasteiger charge is -2.59. The number of fused-ring (bicyclic) bond motifs is 5. The van der Waals surface area contributed by atoms with E-state index in [2.05, 4.69) is 6.92 Å². The van der Waals surface area contributed by atoms with Gasteiger partial charge in [0.2, 0.25) is 5.78 Å². The lowest BCUT2D eigenvalue weighted by molar-refractivity contribution is -0.198. The van der Waals surface area contributed by atoms with Crippen LogP contribution in [0.1, 0.15) is 52.9 Å². The van der Waals surface area contributed by atoms with Gasteiger partial charge in [0.15, 0.2) is 11.4 Å². The average molecular weight is 402 g/mol. The zero-order valence-electron chi connectivity index (χ0n) is 17.3. The number of hydrogen-bond donors (Lipinski definition) is 2. The summed E-state index contributed by atoms with van der Waals surface area (Å²) in [7, 11) is 0. The van der Waals surface area contributed by atoms with Crippen LogP contribution in [0.3, 0.4) is 0 Å². The monoisotopic (exact) mass is 402 g/mol. The van der Waals surface area contributed by atoms with E-state index < -0.39 is 35.5 Å². The number of esters is 1. The number of aliphatic hydroxyl groups is 2. The highest BCUT2D eigenvalue weighted by atomic mass is 16.6. The van der Waals surface area contributed by atoms with Crippen molar-refractivity contribution in [3.63, 3.8) is 0 Å². The van der Waals surface area contributed by atoms with E-state index in [1.807, 2.05) is 13.0 Å². The van der Waals surface area contributed by atoms with E-state index in [-0.39, 0.29) is 29.0 Å². The first-order valence-electron chi connectivity index (χ1n) is 10.5. The summed E-state index contributed by atoms with van der Waals surface area (Å²) >= 11 is 0. The molecular weight excluding hydrogens is 372 g/mol. The van der Waals surface area contributed by atoms with Crippen molar-refractivity contribution in [1.82, 2.24) is 0 Å². The summed E-state index contributed by atoms with van der Waals surface area (Å²) in [5.74, 6) is -0.839. The van der Waals surface area contributed by atoms with Crippen LogP contribution in [-0.2, 0) is 19.1 Å². The van der Waals surface area contributed by atoms with E-state index in [4.69, 9.17) is 4.74 Å². The van der Waals surface area contributed by atoms with Gasteiger partial charge in [-0.15, -0.1) is 0 Å². The molecule has 0 heterocycles. The number of Topliss-reactive ketones (excluding diaryl/α,β-unsaturated/α-hetero) is 1. The van der Waals surface area contributed by atoms with Crippen molar-refractivity contribution < 1.29 is 29.3 Å². The molecule has 0 radical (unpaired) electrons. The number of ketones is 2. The molecule has 3 saturated carbocycles. The van der Waals surface area contributed by atoms with Crippen molar-refractivity contribution in [2.45, 2.75) is 64.6 Å². The standard InChI is InChI=1S/C23H30O6/c1-13(25)29-23(19(28)12-24)9-7-17-16-5-4-14-10-15(26)6-8-21(14,2)20(16)18(27)11-22(17,23)3/h6,8,10,16-18,20,24,27H,4-5,7,9,11-12H2,1-3H3/t16-,17-,18-,20+,21-,22-,23+/m0/s1. The van der Waals surface area contributed by atoms with Crippen LogP contribution in [0, 0.1) is 28.6 Å². The molecule has 2 N–H and O–H groups in total. The molecule has 7 atom stereocenters. The van der Waals surface area contributed by atoms with Gasteiger partial charge in [-0.05, 0) is 56.1 Å². The van der Waals surface area contributed by atoms with Crippen molar-refractivity contribution in [3.05, 3.63) is 23.8 Å². The molecule has 0 aromatic heterocycles. The van der Waals surface area contributed by atoms with Crippen molar-refractivity contribution in [2.75, 3.05) is 6.61 Å². The van der Waals surface area contributed by atoms with E-state index in [0.717, 1.165) is 18.4 Å². The van der Waals surface area contributed by atoms with Crippen LogP contribution >= 0.6 is 0 Å². The Hall–Kier alpha value is -1.79. The van der Waals surface area contributed by atoms with Crippen LogP contribution in [-0.4, -0.2) is 46.1 Å². The van der Waals surface area contributed by atoms with Crippen LogP contribution < -0.4 is 0 Å². The SMILES string of the molecule is CC(=O)O[C@@]1(C(=O)CO)CC[C@H]2[C@@H]3CCC4=CC(=O)C=C[C@]4(C)[C@H]3[C@@H](O)C[C@@]21C. The van der Waals surface area contributed by atoms with Gasteiger partial charge in [-0.1, -0.05) is 25.5 Å². The first kappa shape index (κ1) is 20.5. The Bertz CT molecular complexity index is 827. The maximum absolute atomic E-state index is 12.9. The van der Waals surface area contributed by atoms with Gasteiger partial charge < -0.3 is 14.9 Å². The molecule has 0 aliphatic heterocycles. The minimum atomic E-state index is -1.39. The van der Waals surface area contributed by atoms with Crippen molar-refractivity contribution in [2.24, 2.45) is 28.6 Å². The average Bonchev–Trinajstić information content (AvgIpc) is 2.93. The van der Waals surface area contributed by atoms with E-state index in [9.17, 15) is 24.6 Å². The molecule has 29 heavy (non-hydrogen) atoms. The minimum Gasteiger partial charge on any atom is -0.451 e. The lowest BCUT2D eigenvalue weighted by Crippen LogP contribution is -2.62. The summed E-state index contributed by atoms with van der Waals surface area (Å²) in [6, 6.07) is 0. The highest BCUT2D eigenvalue weighted by Gasteiger charge is 2.70. The predicted molar refractivity (Wildman–Crippen MR) is 105 cm³/mol. The zero-order chi connectivity index (χ0) is 21.2. The molecule has 158 valence electrons. The zero-order valence-corrected chi connectivity index (χ0v) is 17.3. The molecule has 0 amide bonds. The molecular formula is C23H30O6. The second kappa shape index (κ2) is 6.61. The molecule has 0 aromatic carbocycles. The molecule has 0 bridgehead atoms. The molecule has 0 aromatic rings. The maximum atomic E-state index is 12.9. The number of rotatable bonds is 3. The van der Waals surface area contributed by atoms with E-state index in [0.29, 0.717) is 19.3 Å². The number of allylic oxidation sites excluding steroid dienone is 4. The van der Waals surface area contributed by atoms with Gasteiger partial charge in [-0.25, -0.2) is 0 Å². The summed E-state index contributed by atoms with van der Waals surface area (Å²) in [4.78, 5) is 36.7. The normalized spacial score (nSPS) is 45.7. The Labute approximate surface area is 171 Å². The van der Waals surface area contributed by atoms with E-state index in [1.165, 1.54) is 6.92 Å². The highest BCUT2D eigenvalue weighted by molar-refractivity contribution is 6.01. The van der Waals surface area contributed by atoms with Gasteiger partial charge in [-0.2, -0.15) is 0 Å².